The predicted octanol–water partition coefficient (Wildman–Crippen LogP) is 5.13. The minimum Gasteiger partial charge on any atom is -0.354 e. The van der Waals surface area contributed by atoms with Crippen molar-refractivity contribution in [1.29, 1.82) is 0 Å². The molecule has 0 fully saturated rings. The molecule has 0 unspecified atom stereocenters. The molecule has 0 bridgehead atoms. The number of hydrogen-bond donors (Lipinski definition) is 1. The lowest BCUT2D eigenvalue weighted by Gasteiger charge is -2.32. The molecule has 7 nitrogen and oxygen atoms in total. The molecule has 0 radical (unpaired) electrons. The van der Waals surface area contributed by atoms with Crippen LogP contribution in [0.4, 0.5) is 5.69 Å². The highest BCUT2D eigenvalue weighted by molar-refractivity contribution is 7.92. The van der Waals surface area contributed by atoms with E-state index >= 15 is 0 Å². The molecule has 3 rings (SSSR count). The van der Waals surface area contributed by atoms with Gasteiger partial charge >= 0.3 is 0 Å². The summed E-state index contributed by atoms with van der Waals surface area (Å²) in [4.78, 5) is 28.0. The number of nitrogens with zero attached hydrogens (tertiary/aromatic N) is 2. The van der Waals surface area contributed by atoms with Crippen LogP contribution < -0.4 is 9.62 Å². The second-order valence-corrected chi connectivity index (χ2v) is 11.2. The molecule has 2 amide bonds. The largest absolute Gasteiger partial charge is 0.354 e. The third-order valence-electron chi connectivity index (χ3n) is 5.71. The summed E-state index contributed by atoms with van der Waals surface area (Å²) in [6.45, 7) is 3.59. The first kappa shape index (κ1) is 28.5. The Balaban J connectivity index is 1.99. The second-order valence-electron chi connectivity index (χ2n) is 8.42. The highest BCUT2D eigenvalue weighted by Gasteiger charge is 2.32. The van der Waals surface area contributed by atoms with E-state index in [1.165, 1.54) is 29.2 Å². The monoisotopic (exact) mass is 561 g/mol. The van der Waals surface area contributed by atoms with Gasteiger partial charge in [-0.05, 0) is 67.4 Å². The van der Waals surface area contributed by atoms with Crippen molar-refractivity contribution in [3.05, 3.63) is 94.5 Å². The van der Waals surface area contributed by atoms with Crippen molar-refractivity contribution >= 4 is 50.7 Å². The van der Waals surface area contributed by atoms with Gasteiger partial charge in [0.1, 0.15) is 12.6 Å². The standard InChI is InChI=1S/C27H29Cl2N3O4S/c1-3-17-30-27(34)20(2)31(18-21-9-11-22(28)12-10-21)26(33)19-32(24-15-13-23(29)14-16-24)37(35,36)25-7-5-4-6-8-25/h4-16,20H,3,17-19H2,1-2H3,(H,30,34)/t20-/m0/s1. The molecule has 0 saturated heterocycles. The molecule has 0 aromatic heterocycles. The van der Waals surface area contributed by atoms with Crippen LogP contribution in [0.3, 0.4) is 0 Å². The summed E-state index contributed by atoms with van der Waals surface area (Å²) in [5, 5.41) is 3.78. The van der Waals surface area contributed by atoms with Gasteiger partial charge in [-0.1, -0.05) is 60.5 Å². The SMILES string of the molecule is CCCNC(=O)[C@H](C)N(Cc1ccc(Cl)cc1)C(=O)CN(c1ccc(Cl)cc1)S(=O)(=O)c1ccccc1. The van der Waals surface area contributed by atoms with Crippen molar-refractivity contribution in [2.75, 3.05) is 17.4 Å². The Morgan fingerprint density at radius 1 is 0.892 bits per heavy atom. The topological polar surface area (TPSA) is 86.8 Å². The molecular formula is C27H29Cl2N3O4S. The highest BCUT2D eigenvalue weighted by Crippen LogP contribution is 2.26. The van der Waals surface area contributed by atoms with Crippen LogP contribution in [-0.4, -0.2) is 44.3 Å². The van der Waals surface area contributed by atoms with E-state index in [9.17, 15) is 18.0 Å². The molecule has 37 heavy (non-hydrogen) atoms. The quantitative estimate of drug-likeness (QED) is 0.351. The zero-order valence-electron chi connectivity index (χ0n) is 20.6. The van der Waals surface area contributed by atoms with Crippen molar-refractivity contribution in [3.8, 4) is 0 Å². The van der Waals surface area contributed by atoms with Gasteiger partial charge in [-0.25, -0.2) is 8.42 Å². The Kier molecular flexibility index (Phi) is 9.97. The minimum atomic E-state index is -4.11. The Morgan fingerprint density at radius 2 is 1.46 bits per heavy atom. The fraction of sp³-hybridized carbons (Fsp3) is 0.259. The van der Waals surface area contributed by atoms with E-state index in [2.05, 4.69) is 5.32 Å². The molecule has 0 aliphatic carbocycles. The Labute approximate surface area is 228 Å². The van der Waals surface area contributed by atoms with E-state index < -0.39 is 28.5 Å². The van der Waals surface area contributed by atoms with E-state index in [0.29, 0.717) is 16.6 Å². The average molecular weight is 563 g/mol. The zero-order chi connectivity index (χ0) is 27.0. The lowest BCUT2D eigenvalue weighted by atomic mass is 10.1. The molecule has 1 atom stereocenters. The highest BCUT2D eigenvalue weighted by atomic mass is 35.5. The van der Waals surface area contributed by atoms with Crippen molar-refractivity contribution in [3.63, 3.8) is 0 Å². The maximum absolute atomic E-state index is 13.8. The van der Waals surface area contributed by atoms with Gasteiger partial charge in [0, 0.05) is 23.1 Å². The minimum absolute atomic E-state index is 0.0377. The normalized spacial score (nSPS) is 12.0. The molecule has 0 aliphatic rings. The molecule has 0 aliphatic heterocycles. The first-order valence-electron chi connectivity index (χ1n) is 11.8. The lowest BCUT2D eigenvalue weighted by Crippen LogP contribution is -2.51. The number of carbonyl (C=O) groups excluding carboxylic acids is 2. The van der Waals surface area contributed by atoms with Crippen LogP contribution in [0.15, 0.2) is 83.8 Å². The predicted molar refractivity (Wildman–Crippen MR) is 147 cm³/mol. The summed E-state index contributed by atoms with van der Waals surface area (Å²) in [6, 6.07) is 20.1. The van der Waals surface area contributed by atoms with E-state index in [1.54, 1.807) is 61.5 Å². The molecule has 1 N–H and O–H groups in total. The molecule has 0 saturated carbocycles. The van der Waals surface area contributed by atoms with E-state index in [-0.39, 0.29) is 23.0 Å². The molecule has 196 valence electrons. The summed E-state index contributed by atoms with van der Waals surface area (Å²) in [5.41, 5.74) is 1.02. The second kappa shape index (κ2) is 12.9. The van der Waals surface area contributed by atoms with Gasteiger partial charge in [0.15, 0.2) is 0 Å². The summed E-state index contributed by atoms with van der Waals surface area (Å²) in [7, 11) is -4.11. The van der Waals surface area contributed by atoms with Crippen molar-refractivity contribution in [2.45, 2.75) is 37.8 Å². The number of halogens is 2. The number of rotatable bonds is 11. The van der Waals surface area contributed by atoms with Crippen LogP contribution in [0.2, 0.25) is 10.0 Å². The first-order valence-corrected chi connectivity index (χ1v) is 14.0. The molecule has 10 heteroatoms. The van der Waals surface area contributed by atoms with Gasteiger partial charge in [-0.2, -0.15) is 0 Å². The maximum Gasteiger partial charge on any atom is 0.264 e. The summed E-state index contributed by atoms with van der Waals surface area (Å²) in [6.07, 6.45) is 0.739. The fourth-order valence-electron chi connectivity index (χ4n) is 3.62. The number of amides is 2. The van der Waals surface area contributed by atoms with Gasteiger partial charge in [0.05, 0.1) is 10.6 Å². The first-order chi connectivity index (χ1) is 17.6. The number of hydrogen-bond acceptors (Lipinski definition) is 4. The summed E-state index contributed by atoms with van der Waals surface area (Å²) < 4.78 is 28.3. The van der Waals surface area contributed by atoms with Gasteiger partial charge in [0.2, 0.25) is 11.8 Å². The van der Waals surface area contributed by atoms with Crippen LogP contribution >= 0.6 is 23.2 Å². The van der Waals surface area contributed by atoms with Gasteiger partial charge in [-0.3, -0.25) is 13.9 Å². The number of sulfonamides is 1. The number of carbonyl (C=O) groups is 2. The van der Waals surface area contributed by atoms with E-state index in [4.69, 9.17) is 23.2 Å². The number of benzene rings is 3. The summed E-state index contributed by atoms with van der Waals surface area (Å²) >= 11 is 12.0. The fourth-order valence-corrected chi connectivity index (χ4v) is 5.31. The Morgan fingerprint density at radius 3 is 2.03 bits per heavy atom. The van der Waals surface area contributed by atoms with E-state index in [1.807, 2.05) is 6.92 Å². The van der Waals surface area contributed by atoms with Crippen LogP contribution in [0.25, 0.3) is 0 Å². The third-order valence-corrected chi connectivity index (χ3v) is 8.00. The molecule has 3 aromatic carbocycles. The van der Waals surface area contributed by atoms with Crippen LogP contribution in [-0.2, 0) is 26.2 Å². The van der Waals surface area contributed by atoms with Gasteiger partial charge in [-0.15, -0.1) is 0 Å². The molecule has 0 spiro atoms. The Bertz CT molecular complexity index is 1300. The average Bonchev–Trinajstić information content (AvgIpc) is 2.90. The summed E-state index contributed by atoms with van der Waals surface area (Å²) in [5.74, 6) is -0.864. The third kappa shape index (κ3) is 7.47. The van der Waals surface area contributed by atoms with E-state index in [0.717, 1.165) is 16.3 Å². The van der Waals surface area contributed by atoms with Crippen LogP contribution in [0.1, 0.15) is 25.8 Å². The van der Waals surface area contributed by atoms with Crippen molar-refractivity contribution in [2.24, 2.45) is 0 Å². The maximum atomic E-state index is 13.8. The van der Waals surface area contributed by atoms with Crippen molar-refractivity contribution in [1.82, 2.24) is 10.2 Å². The molecule has 0 heterocycles. The smallest absolute Gasteiger partial charge is 0.264 e. The zero-order valence-corrected chi connectivity index (χ0v) is 22.9. The van der Waals surface area contributed by atoms with Crippen LogP contribution in [0, 0.1) is 0 Å². The lowest BCUT2D eigenvalue weighted by molar-refractivity contribution is -0.139. The molecule has 3 aromatic rings. The van der Waals surface area contributed by atoms with Gasteiger partial charge < -0.3 is 10.2 Å². The number of nitrogens with one attached hydrogen (secondary N) is 1. The molecular weight excluding hydrogens is 533 g/mol. The Hall–Kier alpha value is -3.07. The van der Waals surface area contributed by atoms with Crippen LogP contribution in [0.5, 0.6) is 0 Å². The number of anilines is 1. The van der Waals surface area contributed by atoms with Gasteiger partial charge in [0.25, 0.3) is 10.0 Å². The van der Waals surface area contributed by atoms with Crippen molar-refractivity contribution < 1.29 is 18.0 Å².